The Morgan fingerprint density at radius 3 is 2.93 bits per heavy atom. The molecule has 1 heterocycles. The van der Waals surface area contributed by atoms with Gasteiger partial charge in [-0.05, 0) is 37.1 Å². The number of benzene rings is 1. The number of nitrogen functional groups attached to an aromatic ring is 1. The molecule has 3 nitrogen and oxygen atoms in total. The highest BCUT2D eigenvalue weighted by Crippen LogP contribution is 2.30. The Bertz CT molecular complexity index is 417. The van der Waals surface area contributed by atoms with E-state index in [9.17, 15) is 0 Å². The molecule has 0 spiro atoms. The van der Waals surface area contributed by atoms with Crippen LogP contribution in [0, 0.1) is 11.3 Å². The van der Waals surface area contributed by atoms with Crippen molar-refractivity contribution in [1.29, 1.82) is 5.26 Å². The van der Waals surface area contributed by atoms with Crippen LogP contribution in [0.1, 0.15) is 30.0 Å². The summed E-state index contributed by atoms with van der Waals surface area (Å²) in [6.45, 7) is 1.02. The minimum Gasteiger partial charge on any atom is -0.396 e. The van der Waals surface area contributed by atoms with Gasteiger partial charge in [-0.15, -0.1) is 0 Å². The molecule has 15 heavy (non-hydrogen) atoms. The first-order valence-electron chi connectivity index (χ1n) is 4.95. The van der Waals surface area contributed by atoms with Gasteiger partial charge in [-0.3, -0.25) is 0 Å². The smallest absolute Gasteiger partial charge is 0.101 e. The fourth-order valence-electron chi connectivity index (χ4n) is 1.90. The van der Waals surface area contributed by atoms with Crippen molar-refractivity contribution >= 4 is 17.3 Å². The van der Waals surface area contributed by atoms with Crippen LogP contribution in [0.2, 0.25) is 5.02 Å². The molecule has 0 radical (unpaired) electrons. The highest BCUT2D eigenvalue weighted by Gasteiger charge is 2.18. The topological polar surface area (TPSA) is 61.8 Å². The largest absolute Gasteiger partial charge is 0.396 e. The Kier molecular flexibility index (Phi) is 2.81. The van der Waals surface area contributed by atoms with Gasteiger partial charge in [0.1, 0.15) is 6.07 Å². The van der Waals surface area contributed by atoms with Gasteiger partial charge in [0.25, 0.3) is 0 Å². The van der Waals surface area contributed by atoms with Crippen LogP contribution in [0.5, 0.6) is 0 Å². The number of nitrogens with two attached hydrogens (primary N) is 1. The second-order valence-corrected chi connectivity index (χ2v) is 4.13. The lowest BCUT2D eigenvalue weighted by Crippen LogP contribution is -2.13. The van der Waals surface area contributed by atoms with Gasteiger partial charge in [-0.2, -0.15) is 5.26 Å². The van der Waals surface area contributed by atoms with E-state index in [1.54, 1.807) is 0 Å². The van der Waals surface area contributed by atoms with Crippen molar-refractivity contribution in [3.8, 4) is 6.07 Å². The van der Waals surface area contributed by atoms with Crippen molar-refractivity contribution in [3.05, 3.63) is 28.3 Å². The van der Waals surface area contributed by atoms with Gasteiger partial charge < -0.3 is 11.1 Å². The van der Waals surface area contributed by atoms with Gasteiger partial charge in [0.15, 0.2) is 0 Å². The molecule has 1 aromatic rings. The van der Waals surface area contributed by atoms with Gasteiger partial charge in [0.05, 0.1) is 16.3 Å². The summed E-state index contributed by atoms with van der Waals surface area (Å²) in [5.41, 5.74) is 7.58. The first-order chi connectivity index (χ1) is 7.22. The van der Waals surface area contributed by atoms with E-state index in [0.717, 1.165) is 24.9 Å². The highest BCUT2D eigenvalue weighted by atomic mass is 35.5. The molecule has 0 unspecified atom stereocenters. The van der Waals surface area contributed by atoms with E-state index in [-0.39, 0.29) is 0 Å². The van der Waals surface area contributed by atoms with Crippen LogP contribution >= 0.6 is 11.6 Å². The summed E-state index contributed by atoms with van der Waals surface area (Å²) in [7, 11) is 0. The van der Waals surface area contributed by atoms with E-state index in [2.05, 4.69) is 11.4 Å². The highest BCUT2D eigenvalue weighted by molar-refractivity contribution is 6.33. The maximum atomic E-state index is 8.90. The second-order valence-electron chi connectivity index (χ2n) is 3.72. The van der Waals surface area contributed by atoms with E-state index in [1.165, 1.54) is 0 Å². The van der Waals surface area contributed by atoms with Gasteiger partial charge in [-0.25, -0.2) is 0 Å². The number of nitrogens with zero attached hydrogens (tertiary/aromatic N) is 1. The van der Waals surface area contributed by atoms with Crippen LogP contribution in [0.4, 0.5) is 5.69 Å². The predicted octanol–water partition coefficient (Wildman–Crippen LogP) is 2.22. The van der Waals surface area contributed by atoms with Crippen molar-refractivity contribution in [2.45, 2.75) is 18.9 Å². The standard InChI is InChI=1S/C11H12ClN3/c12-9-5-7(10-2-1-3-15-10)4-8(6-13)11(9)14/h4-5,10,15H,1-3,14H2/t10-/m0/s1. The molecule has 0 amide bonds. The molecule has 0 bridgehead atoms. The van der Waals surface area contributed by atoms with Crippen LogP contribution in [0.15, 0.2) is 12.1 Å². The number of nitriles is 1. The third-order valence-corrected chi connectivity index (χ3v) is 3.05. The summed E-state index contributed by atoms with van der Waals surface area (Å²) >= 11 is 5.97. The molecule has 1 aliphatic rings. The Morgan fingerprint density at radius 1 is 1.53 bits per heavy atom. The average molecular weight is 222 g/mol. The minimum atomic E-state index is 0.315. The molecule has 1 saturated heterocycles. The Balaban J connectivity index is 2.41. The molecule has 2 rings (SSSR count). The summed E-state index contributed by atoms with van der Waals surface area (Å²) in [5.74, 6) is 0. The predicted molar refractivity (Wildman–Crippen MR) is 60.6 cm³/mol. The molecule has 4 heteroatoms. The van der Waals surface area contributed by atoms with Crippen LogP contribution in [-0.4, -0.2) is 6.54 Å². The number of nitrogens with one attached hydrogen (secondary N) is 1. The van der Waals surface area contributed by atoms with Crippen molar-refractivity contribution < 1.29 is 0 Å². The zero-order chi connectivity index (χ0) is 10.8. The van der Waals surface area contributed by atoms with Gasteiger partial charge >= 0.3 is 0 Å². The fraction of sp³-hybridized carbons (Fsp3) is 0.364. The van der Waals surface area contributed by atoms with E-state index in [4.69, 9.17) is 22.6 Å². The molecule has 0 saturated carbocycles. The number of halogens is 1. The second kappa shape index (κ2) is 4.09. The van der Waals surface area contributed by atoms with E-state index >= 15 is 0 Å². The van der Waals surface area contributed by atoms with Crippen molar-refractivity contribution in [2.24, 2.45) is 0 Å². The maximum absolute atomic E-state index is 8.90. The quantitative estimate of drug-likeness (QED) is 0.715. The fourth-order valence-corrected chi connectivity index (χ4v) is 2.13. The summed E-state index contributed by atoms with van der Waals surface area (Å²) in [5, 5.41) is 12.7. The lowest BCUT2D eigenvalue weighted by atomic mass is 10.0. The van der Waals surface area contributed by atoms with E-state index in [0.29, 0.717) is 22.3 Å². The molecule has 0 aromatic heterocycles. The first-order valence-corrected chi connectivity index (χ1v) is 5.32. The van der Waals surface area contributed by atoms with Crippen LogP contribution in [-0.2, 0) is 0 Å². The van der Waals surface area contributed by atoms with Gasteiger partial charge in [-0.1, -0.05) is 11.6 Å². The zero-order valence-corrected chi connectivity index (χ0v) is 9.01. The summed E-state index contributed by atoms with van der Waals surface area (Å²) < 4.78 is 0. The van der Waals surface area contributed by atoms with Crippen molar-refractivity contribution in [3.63, 3.8) is 0 Å². The zero-order valence-electron chi connectivity index (χ0n) is 8.26. The lowest BCUT2D eigenvalue weighted by Gasteiger charge is -2.12. The molecular formula is C11H12ClN3. The van der Waals surface area contributed by atoms with Crippen molar-refractivity contribution in [2.75, 3.05) is 12.3 Å². The normalized spacial score (nSPS) is 20.1. The third kappa shape index (κ3) is 1.92. The monoisotopic (exact) mass is 221 g/mol. The number of hydrogen-bond donors (Lipinski definition) is 2. The van der Waals surface area contributed by atoms with E-state index in [1.807, 2.05) is 12.1 Å². The Hall–Kier alpha value is -1.24. The Labute approximate surface area is 93.8 Å². The molecule has 1 aliphatic heterocycles. The van der Waals surface area contributed by atoms with Crippen LogP contribution in [0.3, 0.4) is 0 Å². The molecule has 1 fully saturated rings. The SMILES string of the molecule is N#Cc1cc([C@@H]2CCCN2)cc(Cl)c1N. The lowest BCUT2D eigenvalue weighted by molar-refractivity contribution is 0.648. The van der Waals surface area contributed by atoms with Crippen LogP contribution < -0.4 is 11.1 Å². The number of anilines is 1. The molecule has 1 aromatic carbocycles. The molecule has 78 valence electrons. The molecule has 3 N–H and O–H groups in total. The number of rotatable bonds is 1. The molecule has 0 aliphatic carbocycles. The van der Waals surface area contributed by atoms with Gasteiger partial charge in [0, 0.05) is 6.04 Å². The minimum absolute atomic E-state index is 0.315. The van der Waals surface area contributed by atoms with E-state index < -0.39 is 0 Å². The first kappa shape index (κ1) is 10.3. The number of hydrogen-bond acceptors (Lipinski definition) is 3. The summed E-state index contributed by atoms with van der Waals surface area (Å²) in [6, 6.07) is 6.05. The Morgan fingerprint density at radius 2 is 2.33 bits per heavy atom. The maximum Gasteiger partial charge on any atom is 0.101 e. The average Bonchev–Trinajstić information content (AvgIpc) is 2.75. The van der Waals surface area contributed by atoms with Crippen LogP contribution in [0.25, 0.3) is 0 Å². The summed E-state index contributed by atoms with van der Waals surface area (Å²) in [4.78, 5) is 0. The van der Waals surface area contributed by atoms with Crippen molar-refractivity contribution in [1.82, 2.24) is 5.32 Å². The summed E-state index contributed by atoms with van der Waals surface area (Å²) in [6.07, 6.45) is 2.25. The molecule has 1 atom stereocenters. The molecular weight excluding hydrogens is 210 g/mol. The van der Waals surface area contributed by atoms with Gasteiger partial charge in [0.2, 0.25) is 0 Å². The third-order valence-electron chi connectivity index (χ3n) is 2.74.